The second-order valence-corrected chi connectivity index (χ2v) is 5.10. The highest BCUT2D eigenvalue weighted by Crippen LogP contribution is 2.27. The van der Waals surface area contributed by atoms with Gasteiger partial charge >= 0.3 is 17.9 Å². The molecule has 0 unspecified atom stereocenters. The van der Waals surface area contributed by atoms with Crippen LogP contribution in [0.25, 0.3) is 0 Å². The normalized spacial score (nSPS) is 16.3. The smallest absolute Gasteiger partial charge is 0.350 e. The van der Waals surface area contributed by atoms with Crippen molar-refractivity contribution in [3.63, 3.8) is 0 Å². The number of halogens is 3. The van der Waals surface area contributed by atoms with Gasteiger partial charge in [0.05, 0.1) is 0 Å². The van der Waals surface area contributed by atoms with E-state index in [1.807, 2.05) is 5.32 Å². The summed E-state index contributed by atoms with van der Waals surface area (Å²) in [5.41, 5.74) is -3.07. The quantitative estimate of drug-likeness (QED) is 0.373. The largest absolute Gasteiger partial charge is 0.478 e. The molecular weight excluding hydrogens is 335 g/mol. The molecule has 0 radical (unpaired) electrons. The maximum atomic E-state index is 13.9. The highest BCUT2D eigenvalue weighted by atomic mass is 19.2. The number of cyclic esters (lactones) is 2. The lowest BCUT2D eigenvalue weighted by Gasteiger charge is -2.29. The molecule has 0 spiro atoms. The van der Waals surface area contributed by atoms with E-state index in [2.05, 4.69) is 0 Å². The summed E-state index contributed by atoms with van der Waals surface area (Å²) >= 11 is 0. The minimum Gasteiger partial charge on any atom is -0.478 e. The van der Waals surface area contributed by atoms with Crippen molar-refractivity contribution in [2.24, 2.45) is 0 Å². The molecule has 0 atom stereocenters. The Balaban J connectivity index is 2.40. The molecule has 0 amide bonds. The number of ether oxygens (including phenoxy) is 2. The van der Waals surface area contributed by atoms with Crippen LogP contribution in [0.5, 0.6) is 0 Å². The average molecular weight is 345 g/mol. The zero-order valence-electron chi connectivity index (χ0n) is 12.3. The fourth-order valence-corrected chi connectivity index (χ4v) is 1.81. The number of carbonyl (C=O) groups excluding carboxylic acids is 2. The number of carboxylic acid groups (broad SMARTS) is 1. The molecule has 1 aromatic carbocycles. The van der Waals surface area contributed by atoms with Crippen LogP contribution in [0.2, 0.25) is 0 Å². The van der Waals surface area contributed by atoms with Gasteiger partial charge in [0.1, 0.15) is 11.3 Å². The van der Waals surface area contributed by atoms with Crippen molar-refractivity contribution < 1.29 is 42.1 Å². The molecule has 1 heterocycles. The fourth-order valence-electron chi connectivity index (χ4n) is 1.81. The summed E-state index contributed by atoms with van der Waals surface area (Å²) in [5.74, 6) is -10.6. The number of carbonyl (C=O) groups is 3. The number of carboxylic acids is 1. The molecule has 10 heteroatoms. The molecule has 0 aromatic heterocycles. The van der Waals surface area contributed by atoms with Crippen molar-refractivity contribution in [3.05, 3.63) is 40.9 Å². The summed E-state index contributed by atoms with van der Waals surface area (Å²) < 4.78 is 50.4. The Morgan fingerprint density at radius 3 is 2.21 bits per heavy atom. The van der Waals surface area contributed by atoms with Crippen LogP contribution in [0.3, 0.4) is 0 Å². The van der Waals surface area contributed by atoms with Gasteiger partial charge in [-0.05, 0) is 6.07 Å². The van der Waals surface area contributed by atoms with Crippen molar-refractivity contribution in [3.8, 4) is 0 Å². The number of hydrogen-bond acceptors (Lipinski definition) is 6. The molecule has 128 valence electrons. The highest BCUT2D eigenvalue weighted by Gasteiger charge is 2.39. The van der Waals surface area contributed by atoms with E-state index in [4.69, 9.17) is 14.6 Å². The molecule has 0 aliphatic carbocycles. The van der Waals surface area contributed by atoms with Gasteiger partial charge in [0, 0.05) is 20.0 Å². The van der Waals surface area contributed by atoms with Gasteiger partial charge in [0.15, 0.2) is 23.0 Å². The van der Waals surface area contributed by atoms with Crippen molar-refractivity contribution in [2.75, 3.05) is 5.32 Å². The number of anilines is 1. The molecule has 0 bridgehead atoms. The summed E-state index contributed by atoms with van der Waals surface area (Å²) in [6.07, 6.45) is 0.534. The zero-order valence-corrected chi connectivity index (χ0v) is 12.3. The van der Waals surface area contributed by atoms with Crippen molar-refractivity contribution >= 4 is 23.6 Å². The van der Waals surface area contributed by atoms with E-state index in [0.717, 1.165) is 0 Å². The summed E-state index contributed by atoms with van der Waals surface area (Å²) in [7, 11) is 0. The van der Waals surface area contributed by atoms with E-state index in [0.29, 0.717) is 6.20 Å². The molecule has 1 aliphatic heterocycles. The molecule has 1 aliphatic rings. The van der Waals surface area contributed by atoms with Crippen LogP contribution in [-0.2, 0) is 19.1 Å². The standard InChI is InChI=1S/C14H10F3NO6/c1-14(2)23-12(21)6(13(22)24-14)4-18-10-8(16)5(11(19)20)3-7(15)9(10)17/h3-4,18H,1-2H3,(H,19,20). The van der Waals surface area contributed by atoms with Crippen molar-refractivity contribution in [2.45, 2.75) is 19.6 Å². The molecule has 1 fully saturated rings. The topological polar surface area (TPSA) is 102 Å². The SMILES string of the molecule is CC1(C)OC(=O)C(=CNc2c(F)c(F)cc(C(=O)O)c2F)C(=O)O1. The molecule has 24 heavy (non-hydrogen) atoms. The zero-order chi connectivity index (χ0) is 18.2. The lowest BCUT2D eigenvalue weighted by molar-refractivity contribution is -0.222. The average Bonchev–Trinajstić information content (AvgIpc) is 2.43. The second-order valence-electron chi connectivity index (χ2n) is 5.10. The van der Waals surface area contributed by atoms with E-state index >= 15 is 0 Å². The predicted molar refractivity (Wildman–Crippen MR) is 71.2 cm³/mol. The van der Waals surface area contributed by atoms with E-state index in [1.54, 1.807) is 0 Å². The lowest BCUT2D eigenvalue weighted by atomic mass is 10.1. The van der Waals surface area contributed by atoms with Gasteiger partial charge in [-0.3, -0.25) is 0 Å². The van der Waals surface area contributed by atoms with E-state index < -0.39 is 58.0 Å². The van der Waals surface area contributed by atoms with Gasteiger partial charge in [0.2, 0.25) is 0 Å². The molecule has 1 saturated heterocycles. The van der Waals surface area contributed by atoms with E-state index in [-0.39, 0.29) is 6.07 Å². The highest BCUT2D eigenvalue weighted by molar-refractivity contribution is 6.15. The van der Waals surface area contributed by atoms with Gasteiger partial charge in [-0.15, -0.1) is 0 Å². The van der Waals surface area contributed by atoms with Crippen LogP contribution in [0, 0.1) is 17.5 Å². The molecule has 7 nitrogen and oxygen atoms in total. The fraction of sp³-hybridized carbons (Fsp3) is 0.214. The monoisotopic (exact) mass is 345 g/mol. The molecule has 2 N–H and O–H groups in total. The number of nitrogens with one attached hydrogen (secondary N) is 1. The molecule has 2 rings (SSSR count). The number of rotatable bonds is 3. The molecular formula is C14H10F3NO6. The van der Waals surface area contributed by atoms with Crippen LogP contribution in [0.15, 0.2) is 17.8 Å². The summed E-state index contributed by atoms with van der Waals surface area (Å²) in [4.78, 5) is 34.1. The van der Waals surface area contributed by atoms with Gasteiger partial charge in [0.25, 0.3) is 5.79 Å². The van der Waals surface area contributed by atoms with Crippen LogP contribution in [-0.4, -0.2) is 28.8 Å². The van der Waals surface area contributed by atoms with Gasteiger partial charge < -0.3 is 19.9 Å². The van der Waals surface area contributed by atoms with E-state index in [9.17, 15) is 27.6 Å². The minimum atomic E-state index is -1.83. The predicted octanol–water partition coefficient (Wildman–Crippen LogP) is 1.93. The Hall–Kier alpha value is -3.04. The van der Waals surface area contributed by atoms with Crippen molar-refractivity contribution in [1.29, 1.82) is 0 Å². The number of esters is 2. The van der Waals surface area contributed by atoms with E-state index in [1.165, 1.54) is 13.8 Å². The summed E-state index contributed by atoms with van der Waals surface area (Å²) in [5, 5.41) is 10.6. The maximum absolute atomic E-state index is 13.9. The third-order valence-electron chi connectivity index (χ3n) is 2.86. The third kappa shape index (κ3) is 3.16. The summed E-state index contributed by atoms with van der Waals surface area (Å²) in [6.45, 7) is 2.58. The molecule has 0 saturated carbocycles. The number of aromatic carboxylic acids is 1. The Morgan fingerprint density at radius 2 is 1.71 bits per heavy atom. The number of benzene rings is 1. The van der Waals surface area contributed by atoms with Crippen molar-refractivity contribution in [1.82, 2.24) is 0 Å². The minimum absolute atomic E-state index is 0.164. The first-order chi connectivity index (χ1) is 11.0. The Labute approximate surface area is 132 Å². The van der Waals surface area contributed by atoms with Crippen LogP contribution < -0.4 is 5.32 Å². The first-order valence-electron chi connectivity index (χ1n) is 6.37. The second kappa shape index (κ2) is 5.87. The molecule has 1 aromatic rings. The first kappa shape index (κ1) is 17.3. The van der Waals surface area contributed by atoms with Crippen LogP contribution in [0.4, 0.5) is 18.9 Å². The number of hydrogen-bond donors (Lipinski definition) is 2. The Kier molecular flexibility index (Phi) is 4.24. The Morgan fingerprint density at radius 1 is 1.17 bits per heavy atom. The van der Waals surface area contributed by atoms with Crippen LogP contribution in [0.1, 0.15) is 24.2 Å². The summed E-state index contributed by atoms with van der Waals surface area (Å²) in [6, 6.07) is 0.164. The van der Waals surface area contributed by atoms with Gasteiger partial charge in [-0.25, -0.2) is 27.6 Å². The maximum Gasteiger partial charge on any atom is 0.350 e. The third-order valence-corrected chi connectivity index (χ3v) is 2.86. The Bertz CT molecular complexity index is 765. The van der Waals surface area contributed by atoms with Crippen LogP contribution >= 0.6 is 0 Å². The van der Waals surface area contributed by atoms with Gasteiger partial charge in [-0.1, -0.05) is 0 Å². The first-order valence-corrected chi connectivity index (χ1v) is 6.37. The van der Waals surface area contributed by atoms with Gasteiger partial charge in [-0.2, -0.15) is 0 Å². The lowest BCUT2D eigenvalue weighted by Crippen LogP contribution is -2.42.